The number of anilines is 1. The molecule has 0 aliphatic carbocycles. The maximum absolute atomic E-state index is 5.73. The van der Waals surface area contributed by atoms with E-state index < -0.39 is 0 Å². The van der Waals surface area contributed by atoms with E-state index in [1.54, 1.807) is 18.5 Å². The van der Waals surface area contributed by atoms with Crippen molar-refractivity contribution in [3.63, 3.8) is 0 Å². The zero-order chi connectivity index (χ0) is 14.7. The third-order valence-corrected chi connectivity index (χ3v) is 3.03. The number of nitrogens with two attached hydrogens (primary N) is 1. The van der Waals surface area contributed by atoms with Gasteiger partial charge in [0.1, 0.15) is 0 Å². The minimum Gasteiger partial charge on any atom is -0.399 e. The van der Waals surface area contributed by atoms with Gasteiger partial charge in [0.15, 0.2) is 0 Å². The third kappa shape index (κ3) is 2.97. The van der Waals surface area contributed by atoms with Gasteiger partial charge in [-0.15, -0.1) is 0 Å². The molecule has 2 aromatic heterocycles. The summed E-state index contributed by atoms with van der Waals surface area (Å²) in [5.41, 5.74) is 9.35. The summed E-state index contributed by atoms with van der Waals surface area (Å²) in [6.45, 7) is 1.96. The van der Waals surface area contributed by atoms with Gasteiger partial charge >= 0.3 is 0 Å². The van der Waals surface area contributed by atoms with Gasteiger partial charge in [-0.25, -0.2) is 0 Å². The molecule has 0 amide bonds. The highest BCUT2D eigenvalue weighted by molar-refractivity contribution is 5.69. The SMILES string of the molecule is Cc1cnccc1-c1noc(/C=C/c2cccc(N)c2)n1. The normalized spacial score (nSPS) is 11.1. The topological polar surface area (TPSA) is 77.8 Å². The first-order valence-electron chi connectivity index (χ1n) is 6.51. The second-order valence-electron chi connectivity index (χ2n) is 4.65. The minimum atomic E-state index is 0.448. The molecule has 0 atom stereocenters. The first-order chi connectivity index (χ1) is 10.2. The molecular weight excluding hydrogens is 264 g/mol. The first-order valence-corrected chi connectivity index (χ1v) is 6.51. The quantitative estimate of drug-likeness (QED) is 0.744. The first kappa shape index (κ1) is 13.1. The van der Waals surface area contributed by atoms with Crippen molar-refractivity contribution in [2.75, 3.05) is 5.73 Å². The van der Waals surface area contributed by atoms with Gasteiger partial charge in [0.2, 0.25) is 5.82 Å². The van der Waals surface area contributed by atoms with Crippen molar-refractivity contribution in [3.8, 4) is 11.4 Å². The Labute approximate surface area is 122 Å². The zero-order valence-corrected chi connectivity index (χ0v) is 11.5. The molecule has 21 heavy (non-hydrogen) atoms. The van der Waals surface area contributed by atoms with E-state index in [-0.39, 0.29) is 0 Å². The Morgan fingerprint density at radius 1 is 1.19 bits per heavy atom. The Morgan fingerprint density at radius 3 is 2.90 bits per heavy atom. The fourth-order valence-corrected chi connectivity index (χ4v) is 1.97. The number of hydrogen-bond donors (Lipinski definition) is 1. The number of aryl methyl sites for hydroxylation is 1. The molecule has 3 aromatic rings. The molecule has 5 heteroatoms. The minimum absolute atomic E-state index is 0.448. The standard InChI is InChI=1S/C16H14N4O/c1-11-10-18-8-7-14(11)16-19-15(21-20-16)6-5-12-3-2-4-13(17)9-12/h2-10H,17H2,1H3/b6-5+. The maximum Gasteiger partial charge on any atom is 0.250 e. The molecule has 0 radical (unpaired) electrons. The van der Waals surface area contributed by atoms with Gasteiger partial charge in [-0.2, -0.15) is 4.98 Å². The van der Waals surface area contributed by atoms with Gasteiger partial charge in [0.25, 0.3) is 5.89 Å². The number of nitrogen functional groups attached to an aromatic ring is 1. The van der Waals surface area contributed by atoms with Crippen molar-refractivity contribution >= 4 is 17.8 Å². The van der Waals surface area contributed by atoms with Crippen LogP contribution in [-0.2, 0) is 0 Å². The van der Waals surface area contributed by atoms with Crippen LogP contribution >= 0.6 is 0 Å². The molecule has 2 N–H and O–H groups in total. The van der Waals surface area contributed by atoms with Gasteiger partial charge in [0, 0.05) is 29.7 Å². The Hall–Kier alpha value is -2.95. The lowest BCUT2D eigenvalue weighted by Gasteiger charge is -1.97. The van der Waals surface area contributed by atoms with Gasteiger partial charge in [-0.05, 0) is 42.3 Å². The molecule has 0 aliphatic heterocycles. The summed E-state index contributed by atoms with van der Waals surface area (Å²) in [4.78, 5) is 8.40. The van der Waals surface area contributed by atoms with Crippen LogP contribution in [0.4, 0.5) is 5.69 Å². The molecule has 1 aromatic carbocycles. The highest BCUT2D eigenvalue weighted by Crippen LogP contribution is 2.19. The second kappa shape index (κ2) is 5.58. The molecule has 2 heterocycles. The predicted octanol–water partition coefficient (Wildman–Crippen LogP) is 3.19. The molecule has 0 unspecified atom stereocenters. The molecule has 0 saturated carbocycles. The van der Waals surface area contributed by atoms with E-state index in [9.17, 15) is 0 Å². The molecule has 5 nitrogen and oxygen atoms in total. The summed E-state index contributed by atoms with van der Waals surface area (Å²) in [5, 5.41) is 3.99. The van der Waals surface area contributed by atoms with E-state index in [4.69, 9.17) is 10.3 Å². The summed E-state index contributed by atoms with van der Waals surface area (Å²) in [6.07, 6.45) is 7.13. The molecule has 0 fully saturated rings. The monoisotopic (exact) mass is 278 g/mol. The number of rotatable bonds is 3. The third-order valence-electron chi connectivity index (χ3n) is 3.03. The fraction of sp³-hybridized carbons (Fsp3) is 0.0625. The highest BCUT2D eigenvalue weighted by atomic mass is 16.5. The Balaban J connectivity index is 1.84. The van der Waals surface area contributed by atoms with Crippen molar-refractivity contribution in [2.45, 2.75) is 6.92 Å². The van der Waals surface area contributed by atoms with Crippen molar-refractivity contribution in [2.24, 2.45) is 0 Å². The van der Waals surface area contributed by atoms with E-state index in [2.05, 4.69) is 15.1 Å². The Kier molecular flexibility index (Phi) is 3.47. The fourth-order valence-electron chi connectivity index (χ4n) is 1.97. The van der Waals surface area contributed by atoms with Crippen molar-refractivity contribution < 1.29 is 4.52 Å². The lowest BCUT2D eigenvalue weighted by Crippen LogP contribution is -1.86. The number of pyridine rings is 1. The second-order valence-corrected chi connectivity index (χ2v) is 4.65. The summed E-state index contributed by atoms with van der Waals surface area (Å²) in [6, 6.07) is 9.44. The van der Waals surface area contributed by atoms with Crippen LogP contribution in [0, 0.1) is 6.92 Å². The van der Waals surface area contributed by atoms with Crippen LogP contribution in [0.2, 0.25) is 0 Å². The van der Waals surface area contributed by atoms with Gasteiger partial charge in [-0.1, -0.05) is 17.3 Å². The number of nitrogens with zero attached hydrogens (tertiary/aromatic N) is 3. The Bertz CT molecular complexity index is 792. The smallest absolute Gasteiger partial charge is 0.250 e. The zero-order valence-electron chi connectivity index (χ0n) is 11.5. The van der Waals surface area contributed by atoms with Gasteiger partial charge in [-0.3, -0.25) is 4.98 Å². The molecule has 3 rings (SSSR count). The van der Waals surface area contributed by atoms with E-state index in [1.807, 2.05) is 43.3 Å². The van der Waals surface area contributed by atoms with Crippen LogP contribution in [0.25, 0.3) is 23.5 Å². The molecule has 0 bridgehead atoms. The van der Waals surface area contributed by atoms with Crippen LogP contribution in [-0.4, -0.2) is 15.1 Å². The summed E-state index contributed by atoms with van der Waals surface area (Å²) < 4.78 is 5.23. The number of hydrogen-bond acceptors (Lipinski definition) is 5. The average molecular weight is 278 g/mol. The van der Waals surface area contributed by atoms with Crippen LogP contribution in [0.5, 0.6) is 0 Å². The number of benzene rings is 1. The predicted molar refractivity (Wildman–Crippen MR) is 82.0 cm³/mol. The Morgan fingerprint density at radius 2 is 2.10 bits per heavy atom. The lowest BCUT2D eigenvalue weighted by molar-refractivity contribution is 0.411. The van der Waals surface area contributed by atoms with Crippen molar-refractivity contribution in [3.05, 3.63) is 59.7 Å². The molecule has 0 aliphatic rings. The van der Waals surface area contributed by atoms with Crippen LogP contribution < -0.4 is 5.73 Å². The van der Waals surface area contributed by atoms with Crippen molar-refractivity contribution in [1.29, 1.82) is 0 Å². The lowest BCUT2D eigenvalue weighted by atomic mass is 10.1. The van der Waals surface area contributed by atoms with E-state index >= 15 is 0 Å². The van der Waals surface area contributed by atoms with Crippen LogP contribution in [0.1, 0.15) is 17.0 Å². The van der Waals surface area contributed by atoms with E-state index in [1.165, 1.54) is 0 Å². The largest absolute Gasteiger partial charge is 0.399 e. The molecule has 0 spiro atoms. The maximum atomic E-state index is 5.73. The molecule has 0 saturated heterocycles. The molecule has 104 valence electrons. The summed E-state index contributed by atoms with van der Waals surface area (Å²) >= 11 is 0. The summed E-state index contributed by atoms with van der Waals surface area (Å²) in [7, 11) is 0. The van der Waals surface area contributed by atoms with E-state index in [0.717, 1.165) is 22.4 Å². The summed E-state index contributed by atoms with van der Waals surface area (Å²) in [5.74, 6) is 1.01. The van der Waals surface area contributed by atoms with Gasteiger partial charge in [0.05, 0.1) is 0 Å². The van der Waals surface area contributed by atoms with Crippen LogP contribution in [0.3, 0.4) is 0 Å². The number of aromatic nitrogens is 3. The van der Waals surface area contributed by atoms with Gasteiger partial charge < -0.3 is 10.3 Å². The highest BCUT2D eigenvalue weighted by Gasteiger charge is 2.08. The van der Waals surface area contributed by atoms with E-state index in [0.29, 0.717) is 11.7 Å². The average Bonchev–Trinajstić information content (AvgIpc) is 2.94. The molecular formula is C16H14N4O. The van der Waals surface area contributed by atoms with Crippen LogP contribution in [0.15, 0.2) is 47.2 Å². The van der Waals surface area contributed by atoms with Crippen molar-refractivity contribution in [1.82, 2.24) is 15.1 Å².